The number of nitrogens with two attached hydrogens (primary N) is 1. The zero-order valence-corrected chi connectivity index (χ0v) is 32.6. The monoisotopic (exact) mass is 835 g/mol. The highest BCUT2D eigenvalue weighted by Gasteiger charge is 2.25. The molecule has 3 atom stereocenters. The van der Waals surface area contributed by atoms with Gasteiger partial charge >= 0.3 is 35.9 Å². The number of rotatable bonds is 26. The molecule has 1 fully saturated rings. The summed E-state index contributed by atoms with van der Waals surface area (Å²) < 4.78 is 0. The Morgan fingerprint density at radius 1 is 0.534 bits per heavy atom. The minimum absolute atomic E-state index is 0.0141. The number of carbonyl (C=O) groups is 8. The van der Waals surface area contributed by atoms with Crippen molar-refractivity contribution < 1.29 is 74.1 Å². The first kappa shape index (κ1) is 51.3. The average molecular weight is 836 g/mol. The van der Waals surface area contributed by atoms with Gasteiger partial charge in [-0.3, -0.25) is 43.6 Å². The summed E-state index contributed by atoms with van der Waals surface area (Å²) in [6, 6.07) is -4.82. The minimum Gasteiger partial charge on any atom is -0.481 e. The molecule has 0 bridgehead atoms. The number of unbranched alkanes of at least 4 members (excludes halogenated alkanes) is 2. The maximum atomic E-state index is 12.9. The van der Waals surface area contributed by atoms with Crippen molar-refractivity contribution in [3.05, 3.63) is 0 Å². The van der Waals surface area contributed by atoms with E-state index in [2.05, 4.69) is 16.0 Å². The molecule has 0 aromatic rings. The molecule has 4 amide bonds. The van der Waals surface area contributed by atoms with Crippen molar-refractivity contribution in [2.45, 2.75) is 75.8 Å². The van der Waals surface area contributed by atoms with Crippen molar-refractivity contribution in [3.63, 3.8) is 0 Å². The molecule has 1 heterocycles. The van der Waals surface area contributed by atoms with Gasteiger partial charge in [-0.25, -0.2) is 14.4 Å². The van der Waals surface area contributed by atoms with E-state index >= 15 is 0 Å². The summed E-state index contributed by atoms with van der Waals surface area (Å²) in [6.07, 6.45) is -0.628. The summed E-state index contributed by atoms with van der Waals surface area (Å²) in [4.78, 5) is 101. The highest BCUT2D eigenvalue weighted by molar-refractivity contribution is 5.86. The van der Waals surface area contributed by atoms with Gasteiger partial charge in [0.15, 0.2) is 6.29 Å². The summed E-state index contributed by atoms with van der Waals surface area (Å²) in [6.45, 7) is 2.28. The Morgan fingerprint density at radius 2 is 0.966 bits per heavy atom. The van der Waals surface area contributed by atoms with Crippen molar-refractivity contribution in [2.24, 2.45) is 5.73 Å². The molecule has 0 radical (unpaired) electrons. The summed E-state index contributed by atoms with van der Waals surface area (Å²) in [5, 5.41) is 74.9. The second kappa shape index (κ2) is 28.6. The molecule has 332 valence electrons. The lowest BCUT2D eigenvalue weighted by atomic mass is 10.1. The number of amides is 4. The molecule has 24 heteroatoms. The number of aliphatic hydroxyl groups excluding tert-OH is 1. The number of carbonyl (C=O) groups excluding carboxylic acids is 3. The molecule has 0 spiro atoms. The molecule has 0 aliphatic carbocycles. The number of nitrogens with one attached hydrogen (secondary N) is 4. The predicted molar refractivity (Wildman–Crippen MR) is 202 cm³/mol. The largest absolute Gasteiger partial charge is 0.481 e. The van der Waals surface area contributed by atoms with Crippen LogP contribution < -0.4 is 27.0 Å². The maximum Gasteiger partial charge on any atom is 0.326 e. The van der Waals surface area contributed by atoms with Gasteiger partial charge in [0.25, 0.3) is 0 Å². The van der Waals surface area contributed by atoms with Crippen molar-refractivity contribution in [2.75, 3.05) is 91.6 Å². The smallest absolute Gasteiger partial charge is 0.326 e. The molecule has 1 aliphatic rings. The zero-order valence-electron chi connectivity index (χ0n) is 32.6. The molecule has 0 aromatic carbocycles. The SMILES string of the molecule is N[C@@H](CCCCNC(=O)CN1CCN(CC(=O)O)CCN(CC(=O)O)CCN(CC(O)O)CC1)C(=O)NCCCC[C@H](NC(=O)N[C@@H](CCC(=O)O)C(=O)O)C(=O)O. The van der Waals surface area contributed by atoms with E-state index in [1.54, 1.807) is 14.7 Å². The standard InChI is InChI=1S/C34H61N9O15/c35-23(31(53)37-10-4-2-6-24(32(54)55)38-34(58)39-25(33(56)57)7-8-27(45)46)5-1-3-9-36-26(44)19-40-11-13-41(20-28(47)48)15-17-43(22-30(51)52)18-16-42(14-12-40)21-29(49)50/h23-25,28,47-48H,1-22,35H2,(H,36,44)(H,37,53)(H,45,46)(H,49,50)(H,51,52)(H,54,55)(H,56,57)(H2,38,39,58)/t23-,24-,25-/m0/s1. The highest BCUT2D eigenvalue weighted by atomic mass is 16.5. The number of β-amino-alcohol motifs (C(OH)–C–C–N with tert-alkyl or cyclic N) is 2. The van der Waals surface area contributed by atoms with Crippen LogP contribution in [0.3, 0.4) is 0 Å². The summed E-state index contributed by atoms with van der Waals surface area (Å²) in [5.74, 6) is -6.90. The molecular formula is C34H61N9O15. The van der Waals surface area contributed by atoms with Crippen LogP contribution in [0.15, 0.2) is 0 Å². The van der Waals surface area contributed by atoms with Gasteiger partial charge in [-0.2, -0.15) is 0 Å². The average Bonchev–Trinajstić information content (AvgIpc) is 3.12. The summed E-state index contributed by atoms with van der Waals surface area (Å²) >= 11 is 0. The molecule has 1 rings (SSSR count). The van der Waals surface area contributed by atoms with Crippen LogP contribution in [0.1, 0.15) is 51.4 Å². The fourth-order valence-electron chi connectivity index (χ4n) is 5.91. The van der Waals surface area contributed by atoms with Crippen molar-refractivity contribution in [1.82, 2.24) is 40.9 Å². The lowest BCUT2D eigenvalue weighted by Gasteiger charge is -2.33. The van der Waals surface area contributed by atoms with E-state index in [1.165, 1.54) is 0 Å². The lowest BCUT2D eigenvalue weighted by Crippen LogP contribution is -2.51. The molecule has 58 heavy (non-hydrogen) atoms. The number of hydrogen-bond acceptors (Lipinski definition) is 15. The van der Waals surface area contributed by atoms with Gasteiger partial charge in [0, 0.05) is 78.4 Å². The predicted octanol–water partition coefficient (Wildman–Crippen LogP) is -4.34. The van der Waals surface area contributed by atoms with Gasteiger partial charge < -0.3 is 62.7 Å². The van der Waals surface area contributed by atoms with Crippen molar-refractivity contribution in [3.8, 4) is 0 Å². The molecule has 1 saturated heterocycles. The van der Waals surface area contributed by atoms with Gasteiger partial charge in [-0.15, -0.1) is 0 Å². The van der Waals surface area contributed by atoms with Gasteiger partial charge in [-0.05, 0) is 44.9 Å². The third-order valence-electron chi connectivity index (χ3n) is 9.11. The number of carboxylic acids is 5. The number of hydrogen-bond donors (Lipinski definition) is 12. The van der Waals surface area contributed by atoms with Gasteiger partial charge in [0.2, 0.25) is 11.8 Å². The van der Waals surface area contributed by atoms with Crippen LogP contribution in [-0.4, -0.2) is 219 Å². The number of urea groups is 1. The molecule has 0 aromatic heterocycles. The fourth-order valence-corrected chi connectivity index (χ4v) is 5.91. The zero-order chi connectivity index (χ0) is 43.6. The van der Waals surface area contributed by atoms with Crippen LogP contribution >= 0.6 is 0 Å². The quantitative estimate of drug-likeness (QED) is 0.0289. The minimum atomic E-state index is -1.62. The molecular weight excluding hydrogens is 774 g/mol. The normalized spacial score (nSPS) is 16.8. The number of aliphatic carboxylic acids is 5. The Morgan fingerprint density at radius 3 is 1.41 bits per heavy atom. The van der Waals surface area contributed by atoms with Crippen molar-refractivity contribution in [1.29, 1.82) is 0 Å². The second-order valence-electron chi connectivity index (χ2n) is 14.0. The molecule has 0 unspecified atom stereocenters. The highest BCUT2D eigenvalue weighted by Crippen LogP contribution is 2.05. The van der Waals surface area contributed by atoms with E-state index in [1.807, 2.05) is 10.2 Å². The van der Waals surface area contributed by atoms with Gasteiger partial charge in [0.1, 0.15) is 12.1 Å². The number of aliphatic hydroxyl groups is 2. The molecule has 13 N–H and O–H groups in total. The Balaban J connectivity index is 2.49. The van der Waals surface area contributed by atoms with Crippen LogP contribution in [0.25, 0.3) is 0 Å². The van der Waals surface area contributed by atoms with E-state index in [0.29, 0.717) is 65.0 Å². The van der Waals surface area contributed by atoms with Gasteiger partial charge in [-0.1, -0.05) is 0 Å². The molecule has 1 aliphatic heterocycles. The van der Waals surface area contributed by atoms with Crippen LogP contribution in [0.2, 0.25) is 0 Å². The Hall–Kier alpha value is -4.72. The molecule has 24 nitrogen and oxygen atoms in total. The summed E-state index contributed by atoms with van der Waals surface area (Å²) in [5.41, 5.74) is 6.01. The van der Waals surface area contributed by atoms with Crippen LogP contribution in [0.5, 0.6) is 0 Å². The van der Waals surface area contributed by atoms with Gasteiger partial charge in [0.05, 0.1) is 25.7 Å². The van der Waals surface area contributed by atoms with E-state index in [9.17, 15) is 63.9 Å². The maximum absolute atomic E-state index is 12.9. The third kappa shape index (κ3) is 24.8. The fraction of sp³-hybridized carbons (Fsp3) is 0.765. The first-order valence-electron chi connectivity index (χ1n) is 19.1. The van der Waals surface area contributed by atoms with E-state index in [-0.39, 0.29) is 71.1 Å². The first-order chi connectivity index (χ1) is 27.4. The third-order valence-corrected chi connectivity index (χ3v) is 9.11. The van der Waals surface area contributed by atoms with Crippen molar-refractivity contribution >= 4 is 47.7 Å². The Kier molecular flexibility index (Phi) is 25.3. The second-order valence-corrected chi connectivity index (χ2v) is 14.0. The number of nitrogens with zero attached hydrogens (tertiary/aromatic N) is 4. The van der Waals surface area contributed by atoms with Crippen LogP contribution in [0.4, 0.5) is 4.79 Å². The first-order valence-corrected chi connectivity index (χ1v) is 19.1. The van der Waals surface area contributed by atoms with Crippen LogP contribution in [-0.2, 0) is 33.6 Å². The molecule has 0 saturated carbocycles. The Labute approximate surface area is 335 Å². The van der Waals surface area contributed by atoms with Crippen LogP contribution in [0, 0.1) is 0 Å². The topological polar surface area (TPSA) is 365 Å². The number of carboxylic acid groups (broad SMARTS) is 5. The Bertz CT molecular complexity index is 1340. The lowest BCUT2D eigenvalue weighted by molar-refractivity contribution is -0.141. The van der Waals surface area contributed by atoms with E-state index in [0.717, 1.165) is 0 Å². The van der Waals surface area contributed by atoms with E-state index in [4.69, 9.17) is 15.9 Å². The summed E-state index contributed by atoms with van der Waals surface area (Å²) in [7, 11) is 0. The van der Waals surface area contributed by atoms with E-state index < -0.39 is 79.0 Å².